The summed E-state index contributed by atoms with van der Waals surface area (Å²) in [6.07, 6.45) is 0.874. The molecule has 1 aliphatic rings. The lowest BCUT2D eigenvalue weighted by Gasteiger charge is -2.13. The highest BCUT2D eigenvalue weighted by Crippen LogP contribution is 2.39. The lowest BCUT2D eigenvalue weighted by Crippen LogP contribution is -2.33. The van der Waals surface area contributed by atoms with E-state index in [0.717, 1.165) is 15.8 Å². The number of fused-ring (bicyclic) bond motifs is 1. The molecule has 4 rings (SSSR count). The first-order valence-corrected chi connectivity index (χ1v) is 10.0. The molecule has 10 heteroatoms. The van der Waals surface area contributed by atoms with E-state index < -0.39 is 16.9 Å². The molecule has 3 aromatic rings. The molecule has 0 bridgehead atoms. The third kappa shape index (κ3) is 3.76. The van der Waals surface area contributed by atoms with Crippen molar-refractivity contribution >= 4 is 31.9 Å². The monoisotopic (exact) mass is 518 g/mol. The maximum atomic E-state index is 12.1. The summed E-state index contributed by atoms with van der Waals surface area (Å²) >= 11 is 6.85. The summed E-state index contributed by atoms with van der Waals surface area (Å²) in [5, 5.41) is 22.6. The summed E-state index contributed by atoms with van der Waals surface area (Å²) in [4.78, 5) is 25.7. The Labute approximate surface area is 180 Å². The number of aromatic amines is 1. The van der Waals surface area contributed by atoms with E-state index in [4.69, 9.17) is 10.00 Å². The fourth-order valence-electron chi connectivity index (χ4n) is 3.17. The van der Waals surface area contributed by atoms with Gasteiger partial charge in [0.1, 0.15) is 11.8 Å². The van der Waals surface area contributed by atoms with Crippen LogP contribution in [0.5, 0.6) is 11.5 Å². The molecule has 0 amide bonds. The zero-order valence-corrected chi connectivity index (χ0v) is 17.8. The molecule has 1 unspecified atom stereocenters. The number of hydrogen-bond donors (Lipinski definition) is 2. The quantitative estimate of drug-likeness (QED) is 0.548. The SMILES string of the molecule is N#Cc1nn(-c2cc(Br)c(Oc3ccc4c(c3)CC(O)C4)c(Br)c2)c(=O)[nH]c1=O. The Kier molecular flexibility index (Phi) is 5.12. The van der Waals surface area contributed by atoms with Crippen molar-refractivity contribution in [3.05, 3.63) is 76.9 Å². The van der Waals surface area contributed by atoms with Gasteiger partial charge in [-0.25, -0.2) is 4.79 Å². The molecule has 29 heavy (non-hydrogen) atoms. The van der Waals surface area contributed by atoms with Crippen LogP contribution in [0.2, 0.25) is 0 Å². The number of ether oxygens (including phenoxy) is 1. The van der Waals surface area contributed by atoms with Crippen molar-refractivity contribution in [2.24, 2.45) is 0 Å². The Hall–Kier alpha value is -2.74. The fourth-order valence-corrected chi connectivity index (χ4v) is 4.49. The van der Waals surface area contributed by atoms with E-state index in [1.807, 2.05) is 18.2 Å². The van der Waals surface area contributed by atoms with Gasteiger partial charge >= 0.3 is 5.69 Å². The van der Waals surface area contributed by atoms with Crippen molar-refractivity contribution < 1.29 is 9.84 Å². The Bertz CT molecular complexity index is 1270. The molecule has 146 valence electrons. The number of halogens is 2. The molecule has 1 atom stereocenters. The first-order chi connectivity index (χ1) is 13.9. The van der Waals surface area contributed by atoms with E-state index >= 15 is 0 Å². The number of nitrogens with one attached hydrogen (secondary N) is 1. The van der Waals surface area contributed by atoms with Crippen molar-refractivity contribution in [3.63, 3.8) is 0 Å². The van der Waals surface area contributed by atoms with E-state index in [1.54, 1.807) is 18.2 Å². The van der Waals surface area contributed by atoms with Crippen LogP contribution in [0, 0.1) is 11.3 Å². The molecule has 1 aromatic heterocycles. The van der Waals surface area contributed by atoms with E-state index in [1.165, 1.54) is 0 Å². The van der Waals surface area contributed by atoms with E-state index in [2.05, 4.69) is 41.9 Å². The maximum Gasteiger partial charge on any atom is 0.349 e. The third-order valence-electron chi connectivity index (χ3n) is 4.47. The number of nitriles is 1. The van der Waals surface area contributed by atoms with Crippen LogP contribution in [0.25, 0.3) is 5.69 Å². The number of nitrogens with zero attached hydrogens (tertiary/aromatic N) is 3. The molecule has 1 aliphatic carbocycles. The molecule has 8 nitrogen and oxygen atoms in total. The highest BCUT2D eigenvalue weighted by atomic mass is 79.9. The lowest BCUT2D eigenvalue weighted by atomic mass is 10.1. The molecule has 1 heterocycles. The smallest absolute Gasteiger partial charge is 0.349 e. The number of rotatable bonds is 3. The molecule has 0 saturated carbocycles. The van der Waals surface area contributed by atoms with E-state index in [9.17, 15) is 14.7 Å². The van der Waals surface area contributed by atoms with Crippen LogP contribution in [0.4, 0.5) is 0 Å². The van der Waals surface area contributed by atoms with Crippen LogP contribution < -0.4 is 16.0 Å². The van der Waals surface area contributed by atoms with E-state index in [-0.39, 0.29) is 6.10 Å². The van der Waals surface area contributed by atoms with Gasteiger partial charge in [0.05, 0.1) is 20.7 Å². The number of aliphatic hydroxyl groups excluding tert-OH is 1. The zero-order valence-electron chi connectivity index (χ0n) is 14.6. The van der Waals surface area contributed by atoms with Gasteiger partial charge in [-0.15, -0.1) is 5.10 Å². The number of H-pyrrole nitrogens is 1. The molecule has 0 fully saturated rings. The zero-order chi connectivity index (χ0) is 20.7. The number of aromatic nitrogens is 3. The predicted octanol–water partition coefficient (Wildman–Crippen LogP) is 2.57. The number of benzene rings is 2. The Balaban J connectivity index is 1.71. The highest BCUT2D eigenvalue weighted by Gasteiger charge is 2.20. The summed E-state index contributed by atoms with van der Waals surface area (Å²) in [7, 11) is 0. The molecule has 2 aromatic carbocycles. The standard InChI is InChI=1S/C19H12Br2N4O4/c20-14-6-11(25-19(28)23-18(27)16(8-22)24-25)7-15(21)17(14)29-13-2-1-9-3-12(26)4-10(9)5-13/h1-2,5-7,12,26H,3-4H2,(H,23,27,28). The predicted molar refractivity (Wildman–Crippen MR) is 111 cm³/mol. The second kappa shape index (κ2) is 7.59. The van der Waals surface area contributed by atoms with E-state index in [0.29, 0.717) is 39.0 Å². The normalized spacial score (nSPS) is 15.0. The van der Waals surface area contributed by atoms with Crippen LogP contribution in [0.1, 0.15) is 16.8 Å². The maximum absolute atomic E-state index is 12.1. The Morgan fingerprint density at radius 3 is 2.55 bits per heavy atom. The molecule has 0 spiro atoms. The first-order valence-electron chi connectivity index (χ1n) is 8.46. The molecule has 0 aliphatic heterocycles. The summed E-state index contributed by atoms with van der Waals surface area (Å²) < 4.78 is 7.98. The van der Waals surface area contributed by atoms with Crippen molar-refractivity contribution in [3.8, 4) is 23.3 Å². The molecule has 0 radical (unpaired) electrons. The first kappa shape index (κ1) is 19.6. The lowest BCUT2D eigenvalue weighted by molar-refractivity contribution is 0.187. The van der Waals surface area contributed by atoms with Crippen molar-refractivity contribution in [2.45, 2.75) is 18.9 Å². The second-order valence-electron chi connectivity index (χ2n) is 6.46. The molecule has 2 N–H and O–H groups in total. The Morgan fingerprint density at radius 1 is 1.17 bits per heavy atom. The average Bonchev–Trinajstić information content (AvgIpc) is 3.04. The summed E-state index contributed by atoms with van der Waals surface area (Å²) in [6, 6.07) is 10.5. The minimum atomic E-state index is -0.839. The van der Waals surface area contributed by atoms with Gasteiger partial charge in [0.2, 0.25) is 5.69 Å². The molecular formula is C19H12Br2N4O4. The summed E-state index contributed by atoms with van der Waals surface area (Å²) in [5.41, 5.74) is 0.456. The van der Waals surface area contributed by atoms with Crippen LogP contribution in [0.15, 0.2) is 48.9 Å². The van der Waals surface area contributed by atoms with Crippen molar-refractivity contribution in [2.75, 3.05) is 0 Å². The third-order valence-corrected chi connectivity index (χ3v) is 5.65. The average molecular weight is 520 g/mol. The molecular weight excluding hydrogens is 508 g/mol. The van der Waals surface area contributed by atoms with Crippen LogP contribution >= 0.6 is 31.9 Å². The topological polar surface area (TPSA) is 121 Å². The van der Waals surface area contributed by atoms with Crippen molar-refractivity contribution in [1.82, 2.24) is 14.8 Å². The Morgan fingerprint density at radius 2 is 1.86 bits per heavy atom. The van der Waals surface area contributed by atoms with Gasteiger partial charge in [-0.05, 0) is 80.1 Å². The second-order valence-corrected chi connectivity index (χ2v) is 8.17. The highest BCUT2D eigenvalue weighted by molar-refractivity contribution is 9.11. The molecule has 0 saturated heterocycles. The van der Waals surface area contributed by atoms with Gasteiger partial charge in [-0.1, -0.05) is 6.07 Å². The van der Waals surface area contributed by atoms with Gasteiger partial charge < -0.3 is 9.84 Å². The summed E-state index contributed by atoms with van der Waals surface area (Å²) in [5.74, 6) is 1.09. The van der Waals surface area contributed by atoms with Gasteiger partial charge in [0.25, 0.3) is 5.56 Å². The minimum absolute atomic E-state index is 0.325. The minimum Gasteiger partial charge on any atom is -0.455 e. The number of aliphatic hydroxyl groups is 1. The van der Waals surface area contributed by atoms with Crippen LogP contribution in [-0.2, 0) is 12.8 Å². The van der Waals surface area contributed by atoms with Crippen LogP contribution in [-0.4, -0.2) is 26.0 Å². The van der Waals surface area contributed by atoms with Crippen LogP contribution in [0.3, 0.4) is 0 Å². The fraction of sp³-hybridized carbons (Fsp3) is 0.158. The van der Waals surface area contributed by atoms with Gasteiger partial charge in [-0.2, -0.15) is 9.94 Å². The number of hydrogen-bond acceptors (Lipinski definition) is 6. The summed E-state index contributed by atoms with van der Waals surface area (Å²) in [6.45, 7) is 0. The van der Waals surface area contributed by atoms with Gasteiger partial charge in [0, 0.05) is 0 Å². The largest absolute Gasteiger partial charge is 0.455 e. The van der Waals surface area contributed by atoms with Gasteiger partial charge in [-0.3, -0.25) is 9.78 Å². The van der Waals surface area contributed by atoms with Crippen molar-refractivity contribution in [1.29, 1.82) is 5.26 Å². The van der Waals surface area contributed by atoms with Gasteiger partial charge in [0.15, 0.2) is 5.75 Å².